The van der Waals surface area contributed by atoms with Crippen LogP contribution >= 0.6 is 11.3 Å². The molecule has 0 aliphatic rings. The SMILES string of the molecule is N[C@@H](Cc1cccs1)C(=O)Nc1ccc2c(-c3ccncc3)c(Cc3ccc(F)cc3)[nH]c2n1. The lowest BCUT2D eigenvalue weighted by molar-refractivity contribution is -0.117. The minimum absolute atomic E-state index is 0.269. The lowest BCUT2D eigenvalue weighted by Gasteiger charge is -2.11. The zero-order valence-electron chi connectivity index (χ0n) is 18.2. The first-order valence-corrected chi connectivity index (χ1v) is 11.7. The molecule has 1 aromatic carbocycles. The quantitative estimate of drug-likeness (QED) is 0.314. The van der Waals surface area contributed by atoms with Crippen molar-refractivity contribution < 1.29 is 9.18 Å². The van der Waals surface area contributed by atoms with Gasteiger partial charge in [-0.15, -0.1) is 11.3 Å². The highest BCUT2D eigenvalue weighted by Gasteiger charge is 2.18. The number of hydrogen-bond donors (Lipinski definition) is 3. The first kappa shape index (κ1) is 21.9. The third kappa shape index (κ3) is 4.73. The predicted octanol–water partition coefficient (Wildman–Crippen LogP) is 4.92. The van der Waals surface area contributed by atoms with Gasteiger partial charge in [-0.3, -0.25) is 9.78 Å². The normalized spacial score (nSPS) is 12.1. The van der Waals surface area contributed by atoms with Gasteiger partial charge in [-0.05, 0) is 59.0 Å². The third-order valence-corrected chi connectivity index (χ3v) is 6.49. The monoisotopic (exact) mass is 471 g/mol. The summed E-state index contributed by atoms with van der Waals surface area (Å²) in [7, 11) is 0. The van der Waals surface area contributed by atoms with Crippen molar-refractivity contribution in [3.05, 3.63) is 100 Å². The lowest BCUT2D eigenvalue weighted by atomic mass is 10.00. The summed E-state index contributed by atoms with van der Waals surface area (Å²) in [6, 6.07) is 17.3. The van der Waals surface area contributed by atoms with Gasteiger partial charge in [0.1, 0.15) is 17.3 Å². The van der Waals surface area contributed by atoms with E-state index in [1.165, 1.54) is 12.1 Å². The summed E-state index contributed by atoms with van der Waals surface area (Å²) in [5, 5.41) is 5.71. The lowest BCUT2D eigenvalue weighted by Crippen LogP contribution is -2.37. The Kier molecular flexibility index (Phi) is 6.16. The summed E-state index contributed by atoms with van der Waals surface area (Å²) in [5.41, 5.74) is 10.7. The van der Waals surface area contributed by atoms with Crippen LogP contribution in [0.15, 0.2) is 78.4 Å². The van der Waals surface area contributed by atoms with Crippen LogP contribution in [0.5, 0.6) is 0 Å². The van der Waals surface area contributed by atoms with Gasteiger partial charge in [0.05, 0.1) is 6.04 Å². The second kappa shape index (κ2) is 9.54. The summed E-state index contributed by atoms with van der Waals surface area (Å²) < 4.78 is 13.4. The predicted molar refractivity (Wildman–Crippen MR) is 133 cm³/mol. The number of nitrogens with two attached hydrogens (primary N) is 1. The number of carbonyl (C=O) groups excluding carboxylic acids is 1. The van der Waals surface area contributed by atoms with Gasteiger partial charge in [0, 0.05) is 46.8 Å². The minimum atomic E-state index is -0.666. The van der Waals surface area contributed by atoms with E-state index in [2.05, 4.69) is 20.3 Å². The van der Waals surface area contributed by atoms with E-state index in [-0.39, 0.29) is 11.7 Å². The van der Waals surface area contributed by atoms with Crippen molar-refractivity contribution in [1.29, 1.82) is 0 Å². The number of nitrogens with zero attached hydrogens (tertiary/aromatic N) is 2. The second-order valence-corrected chi connectivity index (χ2v) is 9.02. The molecule has 0 aliphatic carbocycles. The summed E-state index contributed by atoms with van der Waals surface area (Å²) in [6.45, 7) is 0. The first-order valence-electron chi connectivity index (χ1n) is 10.8. The highest BCUT2D eigenvalue weighted by molar-refractivity contribution is 7.09. The number of carbonyl (C=O) groups is 1. The maximum atomic E-state index is 13.4. The van der Waals surface area contributed by atoms with E-state index in [0.29, 0.717) is 24.3 Å². The maximum absolute atomic E-state index is 13.4. The van der Waals surface area contributed by atoms with Crippen molar-refractivity contribution in [1.82, 2.24) is 15.0 Å². The molecule has 0 radical (unpaired) electrons. The van der Waals surface area contributed by atoms with Crippen molar-refractivity contribution in [3.63, 3.8) is 0 Å². The molecule has 4 aromatic heterocycles. The van der Waals surface area contributed by atoms with Gasteiger partial charge >= 0.3 is 0 Å². The molecule has 8 heteroatoms. The van der Waals surface area contributed by atoms with Gasteiger partial charge in [-0.2, -0.15) is 0 Å². The molecule has 0 spiro atoms. The van der Waals surface area contributed by atoms with E-state index in [0.717, 1.165) is 32.6 Å². The molecule has 1 amide bonds. The molecule has 6 nitrogen and oxygen atoms in total. The van der Waals surface area contributed by atoms with Crippen LogP contribution in [-0.2, 0) is 17.6 Å². The molecule has 0 aliphatic heterocycles. The van der Waals surface area contributed by atoms with E-state index in [4.69, 9.17) is 5.73 Å². The van der Waals surface area contributed by atoms with Crippen LogP contribution in [0, 0.1) is 5.82 Å². The molecule has 170 valence electrons. The van der Waals surface area contributed by atoms with Crippen molar-refractivity contribution in [2.24, 2.45) is 5.73 Å². The Morgan fingerprint density at radius 3 is 2.62 bits per heavy atom. The van der Waals surface area contributed by atoms with Crippen molar-refractivity contribution in [2.75, 3.05) is 5.32 Å². The molecule has 5 rings (SSSR count). The van der Waals surface area contributed by atoms with E-state index in [1.807, 2.05) is 35.7 Å². The average molecular weight is 472 g/mol. The zero-order chi connectivity index (χ0) is 23.5. The van der Waals surface area contributed by atoms with Gasteiger partial charge in [0.2, 0.25) is 5.91 Å². The summed E-state index contributed by atoms with van der Waals surface area (Å²) in [5.74, 6) is -0.128. The standard InChI is InChI=1S/C26H22FN5OS/c27-18-5-3-16(4-6-18)14-22-24(17-9-11-29-12-10-17)20-7-8-23(31-25(20)30-22)32-26(33)21(28)15-19-2-1-13-34-19/h1-13,21H,14-15,28H2,(H2,30,31,32,33)/t21-/m0/s1. The minimum Gasteiger partial charge on any atom is -0.342 e. The Balaban J connectivity index is 1.46. The number of rotatable bonds is 7. The van der Waals surface area contributed by atoms with Crippen LogP contribution in [0.25, 0.3) is 22.2 Å². The molecule has 0 saturated carbocycles. The molecule has 0 bridgehead atoms. The first-order chi connectivity index (χ1) is 16.6. The number of benzene rings is 1. The largest absolute Gasteiger partial charge is 0.342 e. The van der Waals surface area contributed by atoms with Crippen LogP contribution in [-0.4, -0.2) is 26.9 Å². The number of aromatic nitrogens is 3. The fourth-order valence-corrected chi connectivity index (χ4v) is 4.70. The van der Waals surface area contributed by atoms with E-state index < -0.39 is 6.04 Å². The Hall–Kier alpha value is -3.88. The molecule has 34 heavy (non-hydrogen) atoms. The molecule has 4 N–H and O–H groups in total. The third-order valence-electron chi connectivity index (χ3n) is 5.59. The summed E-state index contributed by atoms with van der Waals surface area (Å²) in [4.78, 5) is 25.8. The number of halogens is 1. The van der Waals surface area contributed by atoms with E-state index >= 15 is 0 Å². The number of thiophene rings is 1. The molecular formula is C26H22FN5OS. The summed E-state index contributed by atoms with van der Waals surface area (Å²) >= 11 is 1.57. The van der Waals surface area contributed by atoms with Crippen molar-refractivity contribution in [3.8, 4) is 11.1 Å². The fraction of sp³-hybridized carbons (Fsp3) is 0.115. The Bertz CT molecular complexity index is 1420. The van der Waals surface area contributed by atoms with Gasteiger partial charge < -0.3 is 16.0 Å². The highest BCUT2D eigenvalue weighted by atomic mass is 32.1. The van der Waals surface area contributed by atoms with Crippen molar-refractivity contribution >= 4 is 34.1 Å². The molecule has 4 heterocycles. The number of anilines is 1. The number of aromatic amines is 1. The summed E-state index contributed by atoms with van der Waals surface area (Å²) in [6.07, 6.45) is 4.53. The zero-order valence-corrected chi connectivity index (χ0v) is 19.0. The van der Waals surface area contributed by atoms with Crippen LogP contribution in [0.1, 0.15) is 16.1 Å². The molecule has 1 atom stereocenters. The van der Waals surface area contributed by atoms with Gasteiger partial charge in [-0.25, -0.2) is 9.37 Å². The van der Waals surface area contributed by atoms with E-state index in [9.17, 15) is 9.18 Å². The van der Waals surface area contributed by atoms with E-state index in [1.54, 1.807) is 41.9 Å². The van der Waals surface area contributed by atoms with Gasteiger partial charge in [-0.1, -0.05) is 18.2 Å². The smallest absolute Gasteiger partial charge is 0.242 e. The maximum Gasteiger partial charge on any atom is 0.242 e. The molecule has 0 saturated heterocycles. The molecule has 0 unspecified atom stereocenters. The number of hydrogen-bond acceptors (Lipinski definition) is 5. The number of nitrogens with one attached hydrogen (secondary N) is 2. The average Bonchev–Trinajstić information content (AvgIpc) is 3.48. The topological polar surface area (TPSA) is 96.7 Å². The fourth-order valence-electron chi connectivity index (χ4n) is 3.94. The second-order valence-electron chi connectivity index (χ2n) is 7.99. The Morgan fingerprint density at radius 1 is 1.09 bits per heavy atom. The van der Waals surface area contributed by atoms with Crippen LogP contribution in [0.4, 0.5) is 10.2 Å². The highest BCUT2D eigenvalue weighted by Crippen LogP contribution is 2.33. The molecular weight excluding hydrogens is 449 g/mol. The van der Waals surface area contributed by atoms with Gasteiger partial charge in [0.25, 0.3) is 0 Å². The van der Waals surface area contributed by atoms with Gasteiger partial charge in [0.15, 0.2) is 0 Å². The number of pyridine rings is 2. The molecule has 0 fully saturated rings. The number of H-pyrrole nitrogens is 1. The number of fused-ring (bicyclic) bond motifs is 1. The van der Waals surface area contributed by atoms with Crippen molar-refractivity contribution in [2.45, 2.75) is 18.9 Å². The van der Waals surface area contributed by atoms with Crippen LogP contribution in [0.2, 0.25) is 0 Å². The number of amides is 1. The molecule has 5 aromatic rings. The Morgan fingerprint density at radius 2 is 1.88 bits per heavy atom. The Labute approximate surface area is 199 Å². The van der Waals surface area contributed by atoms with Crippen LogP contribution < -0.4 is 11.1 Å². The van der Waals surface area contributed by atoms with Crippen LogP contribution in [0.3, 0.4) is 0 Å².